The van der Waals surface area contributed by atoms with Gasteiger partial charge in [0, 0.05) is 24.0 Å². The minimum Gasteiger partial charge on any atom is -0.388 e. The van der Waals surface area contributed by atoms with Crippen LogP contribution >= 0.6 is 11.3 Å². The number of carbonyl (C=O) groups is 1. The summed E-state index contributed by atoms with van der Waals surface area (Å²) < 4.78 is 0. The summed E-state index contributed by atoms with van der Waals surface area (Å²) >= 11 is 1.58. The number of likely N-dealkylation sites (tertiary alicyclic amines) is 1. The predicted molar refractivity (Wildman–Crippen MR) is 66.7 cm³/mol. The molecule has 1 saturated heterocycles. The molecule has 0 bridgehead atoms. The molecule has 0 saturated carbocycles. The van der Waals surface area contributed by atoms with Crippen LogP contribution in [0.5, 0.6) is 0 Å². The molecule has 0 radical (unpaired) electrons. The number of β-amino-alcohol motifs (C(OH)–C–C–N with tert-alkyl or cyclic N) is 2. The van der Waals surface area contributed by atoms with E-state index in [1.54, 1.807) is 17.4 Å². The van der Waals surface area contributed by atoms with Gasteiger partial charge in [0.05, 0.1) is 12.2 Å². The number of hydrogen-bond donors (Lipinski definition) is 2. The minimum absolute atomic E-state index is 0.173. The van der Waals surface area contributed by atoms with Gasteiger partial charge in [0.2, 0.25) is 5.91 Å². The zero-order chi connectivity index (χ0) is 12.4. The van der Waals surface area contributed by atoms with E-state index in [0.29, 0.717) is 0 Å². The quantitative estimate of drug-likeness (QED) is 0.760. The van der Waals surface area contributed by atoms with E-state index in [0.717, 1.165) is 10.4 Å². The first kappa shape index (κ1) is 12.3. The molecule has 0 unspecified atom stereocenters. The van der Waals surface area contributed by atoms with Gasteiger partial charge in [-0.1, -0.05) is 0 Å². The first-order chi connectivity index (χ1) is 8.08. The second-order valence-corrected chi connectivity index (χ2v) is 5.13. The van der Waals surface area contributed by atoms with Gasteiger partial charge in [0.15, 0.2) is 0 Å². The van der Waals surface area contributed by atoms with E-state index in [4.69, 9.17) is 0 Å². The first-order valence-electron chi connectivity index (χ1n) is 5.45. The van der Waals surface area contributed by atoms with Crippen molar-refractivity contribution in [3.63, 3.8) is 0 Å². The zero-order valence-electron chi connectivity index (χ0n) is 9.54. The van der Waals surface area contributed by atoms with Crippen molar-refractivity contribution in [2.24, 2.45) is 0 Å². The Balaban J connectivity index is 1.98. The second kappa shape index (κ2) is 5.00. The maximum absolute atomic E-state index is 11.8. The number of amides is 1. The largest absolute Gasteiger partial charge is 0.388 e. The second-order valence-electron chi connectivity index (χ2n) is 4.18. The standard InChI is InChI=1S/C12H15NO3S/c1-8-4-5-17-11(8)2-3-12(16)13-6-9(14)10(15)7-13/h2-5,9-10,14-15H,6-7H2,1H3/t9-,10+. The van der Waals surface area contributed by atoms with Crippen LogP contribution in [0.25, 0.3) is 6.08 Å². The van der Waals surface area contributed by atoms with Crippen molar-refractivity contribution in [1.29, 1.82) is 0 Å². The Morgan fingerprint density at radius 2 is 2.12 bits per heavy atom. The molecular weight excluding hydrogens is 238 g/mol. The summed E-state index contributed by atoms with van der Waals surface area (Å²) in [5.74, 6) is -0.173. The van der Waals surface area contributed by atoms with Crippen LogP contribution in [0.1, 0.15) is 10.4 Å². The number of thiophene rings is 1. The van der Waals surface area contributed by atoms with Gasteiger partial charge >= 0.3 is 0 Å². The molecule has 5 heteroatoms. The van der Waals surface area contributed by atoms with Crippen LogP contribution in [0.15, 0.2) is 17.5 Å². The molecule has 1 fully saturated rings. The van der Waals surface area contributed by atoms with E-state index >= 15 is 0 Å². The van der Waals surface area contributed by atoms with Crippen LogP contribution in [0.2, 0.25) is 0 Å². The van der Waals surface area contributed by atoms with Crippen molar-refractivity contribution < 1.29 is 15.0 Å². The van der Waals surface area contributed by atoms with Gasteiger partial charge in [-0.2, -0.15) is 0 Å². The lowest BCUT2D eigenvalue weighted by atomic mass is 10.3. The highest BCUT2D eigenvalue weighted by atomic mass is 32.1. The van der Waals surface area contributed by atoms with Crippen molar-refractivity contribution in [3.05, 3.63) is 28.0 Å². The first-order valence-corrected chi connectivity index (χ1v) is 6.33. The van der Waals surface area contributed by atoms with Gasteiger partial charge in [0.25, 0.3) is 0 Å². The van der Waals surface area contributed by atoms with Crippen LogP contribution in [-0.4, -0.2) is 46.3 Å². The molecule has 2 atom stereocenters. The van der Waals surface area contributed by atoms with Crippen LogP contribution in [0.4, 0.5) is 0 Å². The molecule has 0 aliphatic carbocycles. The van der Waals surface area contributed by atoms with Gasteiger partial charge in [-0.05, 0) is 30.0 Å². The lowest BCUT2D eigenvalue weighted by Gasteiger charge is -2.11. The van der Waals surface area contributed by atoms with Crippen molar-refractivity contribution in [2.75, 3.05) is 13.1 Å². The Bertz CT molecular complexity index is 431. The molecule has 2 N–H and O–H groups in total. The summed E-state index contributed by atoms with van der Waals surface area (Å²) in [6.45, 7) is 2.39. The van der Waals surface area contributed by atoms with Gasteiger partial charge in [-0.15, -0.1) is 11.3 Å². The lowest BCUT2D eigenvalue weighted by molar-refractivity contribution is -0.125. The van der Waals surface area contributed by atoms with Crippen molar-refractivity contribution in [3.8, 4) is 0 Å². The number of aliphatic hydroxyl groups excluding tert-OH is 2. The lowest BCUT2D eigenvalue weighted by Crippen LogP contribution is -2.27. The number of carbonyl (C=O) groups excluding carboxylic acids is 1. The highest BCUT2D eigenvalue weighted by Crippen LogP contribution is 2.17. The third-order valence-corrected chi connectivity index (χ3v) is 3.83. The molecule has 0 spiro atoms. The Hall–Kier alpha value is -1.17. The number of rotatable bonds is 2. The normalized spacial score (nSPS) is 24.8. The molecule has 4 nitrogen and oxygen atoms in total. The smallest absolute Gasteiger partial charge is 0.246 e. The zero-order valence-corrected chi connectivity index (χ0v) is 10.4. The van der Waals surface area contributed by atoms with E-state index in [-0.39, 0.29) is 19.0 Å². The highest BCUT2D eigenvalue weighted by molar-refractivity contribution is 7.11. The molecule has 1 aliphatic rings. The van der Waals surface area contributed by atoms with Crippen molar-refractivity contribution in [1.82, 2.24) is 4.90 Å². The molecular formula is C12H15NO3S. The van der Waals surface area contributed by atoms with E-state index in [1.165, 1.54) is 11.0 Å². The molecule has 1 aromatic heterocycles. The summed E-state index contributed by atoms with van der Waals surface area (Å²) in [6.07, 6.45) is 1.62. The number of aryl methyl sites for hydroxylation is 1. The van der Waals surface area contributed by atoms with Crippen LogP contribution in [0.3, 0.4) is 0 Å². The van der Waals surface area contributed by atoms with Crippen LogP contribution in [0, 0.1) is 6.92 Å². The van der Waals surface area contributed by atoms with Crippen molar-refractivity contribution >= 4 is 23.3 Å². The Morgan fingerprint density at radius 3 is 2.65 bits per heavy atom. The van der Waals surface area contributed by atoms with E-state index < -0.39 is 12.2 Å². The molecule has 1 amide bonds. The molecule has 92 valence electrons. The van der Waals surface area contributed by atoms with Crippen LogP contribution in [-0.2, 0) is 4.79 Å². The Labute approximate surface area is 104 Å². The number of aliphatic hydroxyl groups is 2. The molecule has 1 aromatic rings. The fraction of sp³-hybridized carbons (Fsp3) is 0.417. The summed E-state index contributed by atoms with van der Waals surface area (Å²) in [5.41, 5.74) is 1.14. The summed E-state index contributed by atoms with van der Waals surface area (Å²) in [5, 5.41) is 20.7. The number of nitrogens with zero attached hydrogens (tertiary/aromatic N) is 1. The van der Waals surface area contributed by atoms with E-state index in [9.17, 15) is 15.0 Å². The Kier molecular flexibility index (Phi) is 3.61. The average Bonchev–Trinajstić information content (AvgIpc) is 2.83. The van der Waals surface area contributed by atoms with Crippen LogP contribution < -0.4 is 0 Å². The average molecular weight is 253 g/mol. The summed E-state index contributed by atoms with van der Waals surface area (Å²) in [4.78, 5) is 14.3. The van der Waals surface area contributed by atoms with E-state index in [2.05, 4.69) is 0 Å². The van der Waals surface area contributed by atoms with E-state index in [1.807, 2.05) is 18.4 Å². The van der Waals surface area contributed by atoms with Gasteiger partial charge in [-0.3, -0.25) is 4.79 Å². The minimum atomic E-state index is -0.823. The topological polar surface area (TPSA) is 60.8 Å². The van der Waals surface area contributed by atoms with Gasteiger partial charge in [0.1, 0.15) is 0 Å². The third kappa shape index (κ3) is 2.74. The van der Waals surface area contributed by atoms with Crippen molar-refractivity contribution in [2.45, 2.75) is 19.1 Å². The SMILES string of the molecule is Cc1ccsc1C=CC(=O)N1C[C@@H](O)[C@@H](O)C1. The number of hydrogen-bond acceptors (Lipinski definition) is 4. The molecule has 1 aliphatic heterocycles. The molecule has 0 aromatic carbocycles. The predicted octanol–water partition coefficient (Wildman–Crippen LogP) is 0.634. The maximum Gasteiger partial charge on any atom is 0.246 e. The third-order valence-electron chi connectivity index (χ3n) is 2.85. The fourth-order valence-electron chi connectivity index (χ4n) is 1.76. The van der Waals surface area contributed by atoms with Gasteiger partial charge in [-0.25, -0.2) is 0 Å². The summed E-state index contributed by atoms with van der Waals surface area (Å²) in [6, 6.07) is 2.00. The van der Waals surface area contributed by atoms with Gasteiger partial charge < -0.3 is 15.1 Å². The molecule has 2 rings (SSSR count). The summed E-state index contributed by atoms with van der Waals surface area (Å²) in [7, 11) is 0. The monoisotopic (exact) mass is 253 g/mol. The molecule has 2 heterocycles. The maximum atomic E-state index is 11.8. The molecule has 17 heavy (non-hydrogen) atoms. The highest BCUT2D eigenvalue weighted by Gasteiger charge is 2.31. The Morgan fingerprint density at radius 1 is 1.47 bits per heavy atom. The fourth-order valence-corrected chi connectivity index (χ4v) is 2.58.